The molecular formula is C21H26N2O5. The molecule has 0 saturated carbocycles. The van der Waals surface area contributed by atoms with Gasteiger partial charge in [0.1, 0.15) is 0 Å². The number of rotatable bonds is 5. The van der Waals surface area contributed by atoms with Crippen LogP contribution in [0.1, 0.15) is 53.0 Å². The minimum atomic E-state index is -0.598. The third-order valence-electron chi connectivity index (χ3n) is 5.24. The number of amides is 3. The van der Waals surface area contributed by atoms with E-state index < -0.39 is 17.8 Å². The van der Waals surface area contributed by atoms with E-state index in [-0.39, 0.29) is 25.5 Å². The number of hydrogen-bond donors (Lipinski definition) is 0. The Balaban J connectivity index is 1.48. The van der Waals surface area contributed by atoms with Gasteiger partial charge in [-0.05, 0) is 37.3 Å². The maximum Gasteiger partial charge on any atom is 0.308 e. The first-order valence-electron chi connectivity index (χ1n) is 9.66. The molecule has 0 aromatic heterocycles. The fraction of sp³-hybridized carbons (Fsp3) is 0.524. The molecule has 0 spiro atoms. The molecule has 2 atom stereocenters. The lowest BCUT2D eigenvalue weighted by molar-refractivity contribution is -0.153. The molecule has 1 aromatic carbocycles. The van der Waals surface area contributed by atoms with Gasteiger partial charge < -0.3 is 9.64 Å². The average Bonchev–Trinajstić information content (AvgIpc) is 2.87. The number of hydrogen-bond acceptors (Lipinski definition) is 5. The third kappa shape index (κ3) is 4.24. The number of aryl methyl sites for hydroxylation is 1. The highest BCUT2D eigenvalue weighted by Gasteiger charge is 2.35. The van der Waals surface area contributed by atoms with Crippen LogP contribution in [0.5, 0.6) is 0 Å². The summed E-state index contributed by atoms with van der Waals surface area (Å²) in [4.78, 5) is 51.8. The van der Waals surface area contributed by atoms with Crippen LogP contribution in [0.15, 0.2) is 18.2 Å². The number of fused-ring (bicyclic) bond motifs is 1. The predicted octanol–water partition coefficient (Wildman–Crippen LogP) is 2.03. The minimum absolute atomic E-state index is 0.0593. The lowest BCUT2D eigenvalue weighted by atomic mass is 9.92. The number of carbonyl (C=O) groups excluding carboxylic acids is 4. The molecule has 28 heavy (non-hydrogen) atoms. The molecule has 2 heterocycles. The molecular weight excluding hydrogens is 360 g/mol. The minimum Gasteiger partial charge on any atom is -0.456 e. The maximum atomic E-state index is 12.4. The SMILES string of the molecule is Cc1ccc2c(c1)C(=O)N(CCC(=O)OCC(=O)N1CC(C)CC(C)C1)C2=O. The van der Waals surface area contributed by atoms with Gasteiger partial charge in [-0.25, -0.2) is 0 Å². The first-order chi connectivity index (χ1) is 13.3. The third-order valence-corrected chi connectivity index (χ3v) is 5.24. The van der Waals surface area contributed by atoms with Crippen LogP contribution < -0.4 is 0 Å². The Kier molecular flexibility index (Phi) is 5.82. The fourth-order valence-electron chi connectivity index (χ4n) is 3.98. The van der Waals surface area contributed by atoms with Crippen LogP contribution in [0, 0.1) is 18.8 Å². The number of nitrogens with zero attached hydrogens (tertiary/aromatic N) is 2. The molecule has 0 radical (unpaired) electrons. The topological polar surface area (TPSA) is 84.0 Å². The van der Waals surface area contributed by atoms with Gasteiger partial charge in [0.25, 0.3) is 17.7 Å². The van der Waals surface area contributed by atoms with Gasteiger partial charge in [0, 0.05) is 19.6 Å². The normalized spacial score (nSPS) is 21.7. The smallest absolute Gasteiger partial charge is 0.308 e. The van der Waals surface area contributed by atoms with E-state index in [9.17, 15) is 19.2 Å². The molecule has 150 valence electrons. The summed E-state index contributed by atoms with van der Waals surface area (Å²) in [5, 5.41) is 0. The first-order valence-corrected chi connectivity index (χ1v) is 9.66. The summed E-state index contributed by atoms with van der Waals surface area (Å²) < 4.78 is 5.07. The quantitative estimate of drug-likeness (QED) is 0.571. The highest BCUT2D eigenvalue weighted by atomic mass is 16.5. The lowest BCUT2D eigenvalue weighted by Crippen LogP contribution is -2.44. The fourth-order valence-corrected chi connectivity index (χ4v) is 3.98. The number of benzene rings is 1. The zero-order valence-corrected chi connectivity index (χ0v) is 16.6. The predicted molar refractivity (Wildman–Crippen MR) is 102 cm³/mol. The Labute approximate surface area is 164 Å². The Morgan fingerprint density at radius 2 is 1.71 bits per heavy atom. The van der Waals surface area contributed by atoms with Gasteiger partial charge in [-0.3, -0.25) is 24.1 Å². The molecule has 2 unspecified atom stereocenters. The Morgan fingerprint density at radius 1 is 1.07 bits per heavy atom. The van der Waals surface area contributed by atoms with Crippen molar-refractivity contribution in [2.45, 2.75) is 33.6 Å². The molecule has 0 N–H and O–H groups in total. The molecule has 1 fully saturated rings. The number of esters is 1. The number of ether oxygens (including phenoxy) is 1. The first kappa shape index (κ1) is 20.0. The van der Waals surface area contributed by atoms with Gasteiger partial charge in [0.2, 0.25) is 0 Å². The van der Waals surface area contributed by atoms with Crippen molar-refractivity contribution in [2.24, 2.45) is 11.8 Å². The van der Waals surface area contributed by atoms with E-state index in [1.807, 2.05) is 6.92 Å². The van der Waals surface area contributed by atoms with E-state index in [2.05, 4.69) is 13.8 Å². The van der Waals surface area contributed by atoms with Gasteiger partial charge in [-0.15, -0.1) is 0 Å². The van der Waals surface area contributed by atoms with Crippen molar-refractivity contribution in [1.29, 1.82) is 0 Å². The summed E-state index contributed by atoms with van der Waals surface area (Å²) in [5.41, 5.74) is 1.61. The van der Waals surface area contributed by atoms with E-state index in [1.165, 1.54) is 0 Å². The molecule has 0 aliphatic carbocycles. The van der Waals surface area contributed by atoms with E-state index >= 15 is 0 Å². The van der Waals surface area contributed by atoms with Crippen molar-refractivity contribution in [3.8, 4) is 0 Å². The van der Waals surface area contributed by atoms with Gasteiger partial charge in [0.15, 0.2) is 6.61 Å². The summed E-state index contributed by atoms with van der Waals surface area (Å²) in [6, 6.07) is 5.07. The van der Waals surface area contributed by atoms with Crippen LogP contribution in [-0.4, -0.2) is 59.7 Å². The van der Waals surface area contributed by atoms with Crippen LogP contribution in [0.3, 0.4) is 0 Å². The van der Waals surface area contributed by atoms with Crippen LogP contribution in [0.4, 0.5) is 0 Å². The molecule has 1 saturated heterocycles. The van der Waals surface area contributed by atoms with Gasteiger partial charge in [0.05, 0.1) is 17.5 Å². The average molecular weight is 386 g/mol. The number of piperidine rings is 1. The van der Waals surface area contributed by atoms with E-state index in [4.69, 9.17) is 4.74 Å². The van der Waals surface area contributed by atoms with Crippen LogP contribution >= 0.6 is 0 Å². The van der Waals surface area contributed by atoms with Crippen molar-refractivity contribution in [3.63, 3.8) is 0 Å². The van der Waals surface area contributed by atoms with Crippen LogP contribution in [-0.2, 0) is 14.3 Å². The van der Waals surface area contributed by atoms with Crippen molar-refractivity contribution >= 4 is 23.7 Å². The molecule has 2 aliphatic heterocycles. The Morgan fingerprint density at radius 3 is 2.39 bits per heavy atom. The summed E-state index contributed by atoms with van der Waals surface area (Å²) in [6.07, 6.45) is 0.952. The summed E-state index contributed by atoms with van der Waals surface area (Å²) in [5.74, 6) is -0.743. The number of imide groups is 1. The summed E-state index contributed by atoms with van der Waals surface area (Å²) in [7, 11) is 0. The lowest BCUT2D eigenvalue weighted by Gasteiger charge is -2.34. The molecule has 7 heteroatoms. The second-order valence-electron chi connectivity index (χ2n) is 7.97. The Hall–Kier alpha value is -2.70. The van der Waals surface area contributed by atoms with Gasteiger partial charge in [-0.1, -0.05) is 25.5 Å². The summed E-state index contributed by atoms with van der Waals surface area (Å²) in [6.45, 7) is 7.04. The highest BCUT2D eigenvalue weighted by Crippen LogP contribution is 2.24. The number of likely N-dealkylation sites (tertiary alicyclic amines) is 1. The van der Waals surface area contributed by atoms with Gasteiger partial charge >= 0.3 is 5.97 Å². The maximum absolute atomic E-state index is 12.4. The van der Waals surface area contributed by atoms with E-state index in [0.29, 0.717) is 36.1 Å². The second-order valence-corrected chi connectivity index (χ2v) is 7.97. The largest absolute Gasteiger partial charge is 0.456 e. The monoisotopic (exact) mass is 386 g/mol. The zero-order chi connectivity index (χ0) is 20.4. The molecule has 1 aromatic rings. The molecule has 7 nitrogen and oxygen atoms in total. The van der Waals surface area contributed by atoms with Crippen LogP contribution in [0.2, 0.25) is 0 Å². The van der Waals surface area contributed by atoms with E-state index in [1.54, 1.807) is 23.1 Å². The number of carbonyl (C=O) groups is 4. The van der Waals surface area contributed by atoms with Crippen molar-refractivity contribution in [2.75, 3.05) is 26.2 Å². The van der Waals surface area contributed by atoms with Crippen molar-refractivity contribution in [1.82, 2.24) is 9.80 Å². The summed E-state index contributed by atoms with van der Waals surface area (Å²) >= 11 is 0. The Bertz CT molecular complexity index is 809. The van der Waals surface area contributed by atoms with Crippen LogP contribution in [0.25, 0.3) is 0 Å². The van der Waals surface area contributed by atoms with Gasteiger partial charge in [-0.2, -0.15) is 0 Å². The molecule has 0 bridgehead atoms. The standard InChI is InChI=1S/C21H26N2O5/c1-13-4-5-16-17(9-13)21(27)23(20(16)26)7-6-19(25)28-12-18(24)22-10-14(2)8-15(3)11-22/h4-5,9,14-15H,6-8,10-12H2,1-3H3. The molecule has 3 amide bonds. The molecule has 3 rings (SSSR count). The molecule has 2 aliphatic rings. The highest BCUT2D eigenvalue weighted by molar-refractivity contribution is 6.21. The zero-order valence-electron chi connectivity index (χ0n) is 16.6. The van der Waals surface area contributed by atoms with E-state index in [0.717, 1.165) is 16.9 Å². The van der Waals surface area contributed by atoms with Crippen molar-refractivity contribution < 1.29 is 23.9 Å². The van der Waals surface area contributed by atoms with Crippen molar-refractivity contribution in [3.05, 3.63) is 34.9 Å². The second kappa shape index (κ2) is 8.12.